The van der Waals surface area contributed by atoms with Gasteiger partial charge < -0.3 is 14.4 Å². The highest BCUT2D eigenvalue weighted by Crippen LogP contribution is 2.31. The first-order valence-corrected chi connectivity index (χ1v) is 11.2. The molecule has 174 valence electrons. The summed E-state index contributed by atoms with van der Waals surface area (Å²) >= 11 is 5.39. The van der Waals surface area contributed by atoms with E-state index in [-0.39, 0.29) is 19.6 Å². The Balaban J connectivity index is 1.50. The van der Waals surface area contributed by atoms with E-state index < -0.39 is 17.2 Å². The van der Waals surface area contributed by atoms with Crippen LogP contribution in [0, 0.1) is 0 Å². The zero-order valence-electron chi connectivity index (χ0n) is 18.4. The SMILES string of the molecule is O=C1C(=O)N(C(=O)Cl)CCN1Cc1ccc(OCc2ccccc2)c(OCc2ccccc2)c1. The molecule has 7 nitrogen and oxygen atoms in total. The number of amides is 3. The van der Waals surface area contributed by atoms with Gasteiger partial charge in [-0.1, -0.05) is 66.7 Å². The lowest BCUT2D eigenvalue weighted by Crippen LogP contribution is -2.54. The molecule has 0 aliphatic carbocycles. The molecule has 1 heterocycles. The number of carbonyl (C=O) groups is 3. The Labute approximate surface area is 202 Å². The van der Waals surface area contributed by atoms with Crippen molar-refractivity contribution >= 4 is 28.8 Å². The number of benzene rings is 3. The van der Waals surface area contributed by atoms with Crippen LogP contribution in [0.3, 0.4) is 0 Å². The molecule has 0 spiro atoms. The van der Waals surface area contributed by atoms with Crippen molar-refractivity contribution in [3.8, 4) is 11.5 Å². The van der Waals surface area contributed by atoms with Crippen LogP contribution in [-0.4, -0.2) is 40.1 Å². The van der Waals surface area contributed by atoms with Crippen molar-refractivity contribution in [2.45, 2.75) is 19.8 Å². The van der Waals surface area contributed by atoms with Crippen LogP contribution in [0.4, 0.5) is 4.79 Å². The fourth-order valence-electron chi connectivity index (χ4n) is 3.57. The first kappa shape index (κ1) is 23.3. The monoisotopic (exact) mass is 478 g/mol. The van der Waals surface area contributed by atoms with Gasteiger partial charge in [0.05, 0.1) is 0 Å². The first-order chi connectivity index (χ1) is 16.5. The minimum Gasteiger partial charge on any atom is -0.485 e. The average Bonchev–Trinajstić information content (AvgIpc) is 2.86. The molecule has 0 bridgehead atoms. The Hall–Kier alpha value is -3.84. The van der Waals surface area contributed by atoms with Crippen LogP contribution in [0.5, 0.6) is 11.5 Å². The van der Waals surface area contributed by atoms with Gasteiger partial charge in [0.25, 0.3) is 0 Å². The van der Waals surface area contributed by atoms with Crippen LogP contribution in [0.15, 0.2) is 78.9 Å². The van der Waals surface area contributed by atoms with E-state index in [0.717, 1.165) is 21.6 Å². The van der Waals surface area contributed by atoms with Gasteiger partial charge in [0, 0.05) is 19.6 Å². The minimum absolute atomic E-state index is 0.0581. The lowest BCUT2D eigenvalue weighted by atomic mass is 10.1. The lowest BCUT2D eigenvalue weighted by Gasteiger charge is -2.31. The van der Waals surface area contributed by atoms with Gasteiger partial charge in [-0.25, -0.2) is 0 Å². The third-order valence-electron chi connectivity index (χ3n) is 5.38. The van der Waals surface area contributed by atoms with E-state index in [1.165, 1.54) is 4.90 Å². The molecule has 0 radical (unpaired) electrons. The minimum atomic E-state index is -0.950. The number of hydrogen-bond acceptors (Lipinski definition) is 5. The summed E-state index contributed by atoms with van der Waals surface area (Å²) in [4.78, 5) is 38.0. The number of nitrogens with zero attached hydrogens (tertiary/aromatic N) is 2. The zero-order valence-corrected chi connectivity index (χ0v) is 19.1. The molecule has 0 atom stereocenters. The van der Waals surface area contributed by atoms with Crippen LogP contribution < -0.4 is 9.47 Å². The third kappa shape index (κ3) is 5.74. The first-order valence-electron chi connectivity index (χ1n) is 10.8. The highest BCUT2D eigenvalue weighted by atomic mass is 35.5. The number of halogens is 1. The molecular formula is C26H23ClN2O5. The summed E-state index contributed by atoms with van der Waals surface area (Å²) in [6.07, 6.45) is 0. The van der Waals surface area contributed by atoms with Gasteiger partial charge in [0.15, 0.2) is 11.5 Å². The normalized spacial score (nSPS) is 13.7. The van der Waals surface area contributed by atoms with Gasteiger partial charge in [0.1, 0.15) is 13.2 Å². The fourth-order valence-corrected chi connectivity index (χ4v) is 3.73. The number of rotatable bonds is 8. The topological polar surface area (TPSA) is 76.2 Å². The molecule has 3 aromatic rings. The largest absolute Gasteiger partial charge is 0.485 e. The summed E-state index contributed by atoms with van der Waals surface area (Å²) in [6.45, 7) is 1.18. The number of piperazine rings is 1. The van der Waals surface area contributed by atoms with E-state index in [0.29, 0.717) is 24.7 Å². The van der Waals surface area contributed by atoms with Crippen molar-refractivity contribution in [3.05, 3.63) is 95.6 Å². The molecule has 1 aliphatic heterocycles. The smallest absolute Gasteiger partial charge is 0.323 e. The van der Waals surface area contributed by atoms with Crippen LogP contribution in [0.2, 0.25) is 0 Å². The Bertz CT molecular complexity index is 1170. The summed E-state index contributed by atoms with van der Waals surface area (Å²) in [7, 11) is 0. The second-order valence-electron chi connectivity index (χ2n) is 7.77. The second-order valence-corrected chi connectivity index (χ2v) is 8.09. The van der Waals surface area contributed by atoms with Crippen molar-refractivity contribution in [2.24, 2.45) is 0 Å². The van der Waals surface area contributed by atoms with Gasteiger partial charge in [-0.2, -0.15) is 0 Å². The maximum absolute atomic E-state index is 12.4. The van der Waals surface area contributed by atoms with E-state index in [1.807, 2.05) is 66.7 Å². The van der Waals surface area contributed by atoms with Gasteiger partial charge in [-0.15, -0.1) is 0 Å². The molecule has 3 amide bonds. The third-order valence-corrected chi connectivity index (χ3v) is 5.58. The molecule has 0 saturated carbocycles. The lowest BCUT2D eigenvalue weighted by molar-refractivity contribution is -0.153. The van der Waals surface area contributed by atoms with Crippen molar-refractivity contribution < 1.29 is 23.9 Å². The van der Waals surface area contributed by atoms with E-state index in [2.05, 4.69) is 0 Å². The van der Waals surface area contributed by atoms with Crippen molar-refractivity contribution in [1.82, 2.24) is 9.80 Å². The van der Waals surface area contributed by atoms with Gasteiger partial charge in [-0.3, -0.25) is 19.3 Å². The maximum atomic E-state index is 12.4. The van der Waals surface area contributed by atoms with Crippen LogP contribution in [-0.2, 0) is 29.3 Å². The van der Waals surface area contributed by atoms with E-state index >= 15 is 0 Å². The molecule has 0 unspecified atom stereocenters. The Kier molecular flexibility index (Phi) is 7.44. The molecule has 34 heavy (non-hydrogen) atoms. The number of imide groups is 1. The molecule has 3 aromatic carbocycles. The molecular weight excluding hydrogens is 456 g/mol. The summed E-state index contributed by atoms with van der Waals surface area (Å²) in [5.41, 5.74) is 2.79. The molecule has 1 aliphatic rings. The molecule has 0 aromatic heterocycles. The number of ether oxygens (including phenoxy) is 2. The molecule has 0 N–H and O–H groups in total. The van der Waals surface area contributed by atoms with E-state index in [9.17, 15) is 14.4 Å². The number of carbonyl (C=O) groups excluding carboxylic acids is 3. The average molecular weight is 479 g/mol. The predicted molar refractivity (Wildman–Crippen MR) is 126 cm³/mol. The van der Waals surface area contributed by atoms with Crippen LogP contribution in [0.1, 0.15) is 16.7 Å². The van der Waals surface area contributed by atoms with Crippen molar-refractivity contribution in [1.29, 1.82) is 0 Å². The van der Waals surface area contributed by atoms with Gasteiger partial charge in [-0.05, 0) is 40.4 Å². The van der Waals surface area contributed by atoms with Gasteiger partial charge >= 0.3 is 17.2 Å². The quantitative estimate of drug-likeness (QED) is 0.273. The van der Waals surface area contributed by atoms with Crippen molar-refractivity contribution in [2.75, 3.05) is 13.1 Å². The molecule has 8 heteroatoms. The highest BCUT2D eigenvalue weighted by Gasteiger charge is 2.35. The Morgan fingerprint density at radius 3 is 1.91 bits per heavy atom. The summed E-state index contributed by atoms with van der Waals surface area (Å²) in [6, 6.07) is 25.0. The highest BCUT2D eigenvalue weighted by molar-refractivity contribution is 6.65. The molecule has 1 saturated heterocycles. The molecule has 4 rings (SSSR count). The van der Waals surface area contributed by atoms with Crippen LogP contribution in [0.25, 0.3) is 0 Å². The summed E-state index contributed by atoms with van der Waals surface area (Å²) < 4.78 is 12.1. The van der Waals surface area contributed by atoms with Gasteiger partial charge in [0.2, 0.25) is 0 Å². The summed E-state index contributed by atoms with van der Waals surface area (Å²) in [5, 5.41) is -0.950. The molecule has 1 fully saturated rings. The Morgan fingerprint density at radius 2 is 1.32 bits per heavy atom. The van der Waals surface area contributed by atoms with Crippen molar-refractivity contribution in [3.63, 3.8) is 0 Å². The fraction of sp³-hybridized carbons (Fsp3) is 0.192. The standard InChI is InChI=1S/C26H23ClN2O5/c27-26(32)29-14-13-28(24(30)25(29)31)16-21-11-12-22(33-17-19-7-3-1-4-8-19)23(15-21)34-18-20-9-5-2-6-10-20/h1-12,15H,13-14,16-18H2. The number of hydrogen-bond donors (Lipinski definition) is 0. The summed E-state index contributed by atoms with van der Waals surface area (Å²) in [5.74, 6) is -0.583. The maximum Gasteiger partial charge on any atom is 0.323 e. The predicted octanol–water partition coefficient (Wildman–Crippen LogP) is 4.37. The van der Waals surface area contributed by atoms with Crippen LogP contribution >= 0.6 is 11.6 Å². The van der Waals surface area contributed by atoms with E-state index in [1.54, 1.807) is 12.1 Å². The van der Waals surface area contributed by atoms with E-state index in [4.69, 9.17) is 21.1 Å². The zero-order chi connectivity index (χ0) is 23.9. The Morgan fingerprint density at radius 1 is 0.735 bits per heavy atom. The second kappa shape index (κ2) is 10.9.